The average Bonchev–Trinajstić information content (AvgIpc) is 2.60. The number of anilines is 1. The quantitative estimate of drug-likeness (QED) is 0.495. The molecule has 0 atom stereocenters. The van der Waals surface area contributed by atoms with Gasteiger partial charge in [-0.3, -0.25) is 0 Å². The second-order valence-electron chi connectivity index (χ2n) is 5.92. The van der Waals surface area contributed by atoms with Crippen molar-refractivity contribution in [3.05, 3.63) is 35.4 Å². The summed E-state index contributed by atoms with van der Waals surface area (Å²) < 4.78 is 27.3. The van der Waals surface area contributed by atoms with Crippen molar-refractivity contribution in [3.8, 4) is 0 Å². The van der Waals surface area contributed by atoms with Gasteiger partial charge in [0.25, 0.3) is 0 Å². The van der Waals surface area contributed by atoms with Crippen LogP contribution in [0.3, 0.4) is 0 Å². The van der Waals surface area contributed by atoms with Crippen molar-refractivity contribution >= 4 is 21.7 Å². The van der Waals surface area contributed by atoms with Crippen molar-refractivity contribution in [3.63, 3.8) is 0 Å². The molecule has 0 amide bonds. The number of hydrogen-bond acceptors (Lipinski definition) is 5. The number of aliphatic hydroxyl groups is 1. The Morgan fingerprint density at radius 3 is 2.64 bits per heavy atom. The molecule has 1 aromatic carbocycles. The van der Waals surface area contributed by atoms with Gasteiger partial charge in [0.2, 0.25) is 10.0 Å². The number of rotatable bonds is 9. The topological polar surface area (TPSA) is 116 Å². The number of aliphatic hydroxyl groups excluding tert-OH is 1. The molecule has 0 unspecified atom stereocenters. The van der Waals surface area contributed by atoms with Gasteiger partial charge in [-0.2, -0.15) is 0 Å². The lowest BCUT2D eigenvalue weighted by molar-refractivity contribution is 0.0697. The Bertz CT molecular complexity index is 743. The first-order valence-electron chi connectivity index (χ1n) is 8.33. The Morgan fingerprint density at radius 2 is 2.00 bits per heavy atom. The molecule has 7 nitrogen and oxygen atoms in total. The number of allylic oxidation sites excluding steroid dienone is 1. The maximum Gasteiger partial charge on any atom is 0.337 e. The molecule has 1 aliphatic rings. The van der Waals surface area contributed by atoms with Crippen LogP contribution < -0.4 is 10.0 Å². The van der Waals surface area contributed by atoms with Crippen molar-refractivity contribution in [2.45, 2.75) is 37.0 Å². The van der Waals surface area contributed by atoms with Gasteiger partial charge in [0, 0.05) is 18.8 Å². The van der Waals surface area contributed by atoms with E-state index < -0.39 is 16.0 Å². The van der Waals surface area contributed by atoms with Crippen molar-refractivity contribution in [2.75, 3.05) is 25.0 Å². The summed E-state index contributed by atoms with van der Waals surface area (Å²) in [5.74, 6) is -1.23. The maximum atomic E-state index is 12.4. The highest BCUT2D eigenvalue weighted by Gasteiger charge is 2.19. The highest BCUT2D eigenvalue weighted by Crippen LogP contribution is 2.22. The third-order valence-electron chi connectivity index (χ3n) is 4.08. The van der Waals surface area contributed by atoms with Gasteiger partial charge in [-0.25, -0.2) is 17.9 Å². The fourth-order valence-electron chi connectivity index (χ4n) is 2.77. The number of carboxylic acids is 1. The van der Waals surface area contributed by atoms with Crippen LogP contribution in [0.4, 0.5) is 5.69 Å². The first-order chi connectivity index (χ1) is 11.9. The molecule has 1 aliphatic carbocycles. The van der Waals surface area contributed by atoms with E-state index in [1.54, 1.807) is 0 Å². The summed E-state index contributed by atoms with van der Waals surface area (Å²) in [5, 5.41) is 20.9. The number of nitrogens with one attached hydrogen (secondary N) is 2. The molecule has 0 heterocycles. The van der Waals surface area contributed by atoms with Crippen LogP contribution in [0.1, 0.15) is 42.5 Å². The zero-order valence-electron chi connectivity index (χ0n) is 14.0. The smallest absolute Gasteiger partial charge is 0.337 e. The highest BCUT2D eigenvalue weighted by atomic mass is 32.2. The van der Waals surface area contributed by atoms with Gasteiger partial charge in [-0.15, -0.1) is 0 Å². The van der Waals surface area contributed by atoms with E-state index in [0.717, 1.165) is 25.3 Å². The van der Waals surface area contributed by atoms with E-state index in [9.17, 15) is 18.3 Å². The lowest BCUT2D eigenvalue weighted by Crippen LogP contribution is -2.25. The fraction of sp³-hybridized carbons (Fsp3) is 0.471. The van der Waals surface area contributed by atoms with Crippen LogP contribution in [0.2, 0.25) is 0 Å². The highest BCUT2D eigenvalue weighted by molar-refractivity contribution is 7.89. The number of aromatic carboxylic acids is 1. The molecular weight excluding hydrogens is 344 g/mol. The molecule has 0 bridgehead atoms. The van der Waals surface area contributed by atoms with Gasteiger partial charge in [0.15, 0.2) is 0 Å². The van der Waals surface area contributed by atoms with E-state index in [-0.39, 0.29) is 29.3 Å². The second kappa shape index (κ2) is 8.98. The third-order valence-corrected chi connectivity index (χ3v) is 5.54. The Balaban J connectivity index is 2.08. The molecule has 0 aromatic heterocycles. The van der Waals surface area contributed by atoms with Crippen LogP contribution in [0.5, 0.6) is 0 Å². The van der Waals surface area contributed by atoms with Crippen LogP contribution in [0.15, 0.2) is 34.7 Å². The van der Waals surface area contributed by atoms with Gasteiger partial charge in [-0.05, 0) is 50.3 Å². The first-order valence-corrected chi connectivity index (χ1v) is 9.82. The van der Waals surface area contributed by atoms with E-state index >= 15 is 0 Å². The van der Waals surface area contributed by atoms with Crippen LogP contribution in [-0.4, -0.2) is 44.3 Å². The summed E-state index contributed by atoms with van der Waals surface area (Å²) in [5.41, 5.74) is 1.39. The third kappa shape index (κ3) is 5.55. The molecule has 138 valence electrons. The Labute approximate surface area is 147 Å². The zero-order valence-corrected chi connectivity index (χ0v) is 14.8. The monoisotopic (exact) mass is 368 g/mol. The molecule has 0 saturated heterocycles. The van der Waals surface area contributed by atoms with Crippen LogP contribution in [-0.2, 0) is 10.0 Å². The van der Waals surface area contributed by atoms with Crippen LogP contribution in [0, 0.1) is 0 Å². The minimum atomic E-state index is -3.77. The van der Waals surface area contributed by atoms with E-state index in [4.69, 9.17) is 5.11 Å². The second-order valence-corrected chi connectivity index (χ2v) is 7.69. The number of sulfonamides is 1. The molecule has 4 N–H and O–H groups in total. The summed E-state index contributed by atoms with van der Waals surface area (Å²) in [6.45, 7) is 0.317. The largest absolute Gasteiger partial charge is 0.478 e. The maximum absolute atomic E-state index is 12.4. The standard InChI is InChI=1S/C17H24N2O5S/c20-11-10-18-16-7-6-14(12-15(16)17(21)22)25(23,24)19-9-8-13-4-2-1-3-5-13/h4,6-7,12,18-20H,1-3,5,8-11H2,(H,21,22). The molecule has 25 heavy (non-hydrogen) atoms. The summed E-state index contributed by atoms with van der Waals surface area (Å²) in [6, 6.07) is 3.88. The Morgan fingerprint density at radius 1 is 1.20 bits per heavy atom. The molecule has 8 heteroatoms. The normalized spacial score (nSPS) is 14.8. The zero-order chi connectivity index (χ0) is 18.3. The molecule has 0 fully saturated rings. The minimum Gasteiger partial charge on any atom is -0.478 e. The van der Waals surface area contributed by atoms with Gasteiger partial charge >= 0.3 is 5.97 Å². The molecular formula is C17H24N2O5S. The number of benzene rings is 1. The van der Waals surface area contributed by atoms with Crippen molar-refractivity contribution in [2.24, 2.45) is 0 Å². The molecule has 2 rings (SSSR count). The average molecular weight is 368 g/mol. The van der Waals surface area contributed by atoms with E-state index in [1.807, 2.05) is 0 Å². The predicted octanol–water partition coefficient (Wildman–Crippen LogP) is 1.96. The SMILES string of the molecule is O=C(O)c1cc(S(=O)(=O)NCCC2=CCCCC2)ccc1NCCO. The van der Waals surface area contributed by atoms with Gasteiger partial charge in [0.05, 0.1) is 17.1 Å². The summed E-state index contributed by atoms with van der Waals surface area (Å²) in [4.78, 5) is 11.3. The molecule has 0 radical (unpaired) electrons. The van der Waals surface area contributed by atoms with E-state index in [1.165, 1.54) is 24.1 Å². The molecule has 0 saturated carbocycles. The Kier molecular flexibility index (Phi) is 6.98. The summed E-state index contributed by atoms with van der Waals surface area (Å²) >= 11 is 0. The summed E-state index contributed by atoms with van der Waals surface area (Å²) in [6.07, 6.45) is 7.22. The van der Waals surface area contributed by atoms with Gasteiger partial charge in [0.1, 0.15) is 0 Å². The number of carboxylic acid groups (broad SMARTS) is 1. The minimum absolute atomic E-state index is 0.0860. The molecule has 0 spiro atoms. The number of hydrogen-bond donors (Lipinski definition) is 4. The fourth-order valence-corrected chi connectivity index (χ4v) is 3.83. The Hall–Kier alpha value is -1.90. The van der Waals surface area contributed by atoms with Crippen LogP contribution in [0.25, 0.3) is 0 Å². The summed E-state index contributed by atoms with van der Waals surface area (Å²) in [7, 11) is -3.77. The molecule has 0 aliphatic heterocycles. The lowest BCUT2D eigenvalue weighted by atomic mass is 9.97. The molecule has 1 aromatic rings. The lowest BCUT2D eigenvalue weighted by Gasteiger charge is -2.14. The van der Waals surface area contributed by atoms with Crippen molar-refractivity contribution in [1.82, 2.24) is 4.72 Å². The van der Waals surface area contributed by atoms with E-state index in [0.29, 0.717) is 13.0 Å². The van der Waals surface area contributed by atoms with Crippen molar-refractivity contribution in [1.29, 1.82) is 0 Å². The number of carbonyl (C=O) groups is 1. The van der Waals surface area contributed by atoms with Crippen molar-refractivity contribution < 1.29 is 23.4 Å². The van der Waals surface area contributed by atoms with E-state index in [2.05, 4.69) is 16.1 Å². The predicted molar refractivity (Wildman–Crippen MR) is 95.3 cm³/mol. The first kappa shape index (κ1) is 19.4. The van der Waals surface area contributed by atoms with Gasteiger partial charge < -0.3 is 15.5 Å². The van der Waals surface area contributed by atoms with Gasteiger partial charge in [-0.1, -0.05) is 11.6 Å². The van der Waals surface area contributed by atoms with Crippen LogP contribution >= 0.6 is 0 Å².